The van der Waals surface area contributed by atoms with E-state index in [2.05, 4.69) is 16.7 Å². The van der Waals surface area contributed by atoms with Crippen LogP contribution in [0.5, 0.6) is 0 Å². The van der Waals surface area contributed by atoms with Crippen molar-refractivity contribution in [3.63, 3.8) is 0 Å². The van der Waals surface area contributed by atoms with Crippen molar-refractivity contribution in [1.29, 1.82) is 0 Å². The zero-order chi connectivity index (χ0) is 14.7. The van der Waals surface area contributed by atoms with Gasteiger partial charge < -0.3 is 10.6 Å². The molecule has 0 fully saturated rings. The molecule has 2 aromatic rings. The fourth-order valence-electron chi connectivity index (χ4n) is 2.59. The zero-order valence-electron chi connectivity index (χ0n) is 11.6. The predicted molar refractivity (Wildman–Crippen MR) is 79.0 cm³/mol. The maximum atomic E-state index is 13.5. The third kappa shape index (κ3) is 3.11. The van der Waals surface area contributed by atoms with E-state index >= 15 is 0 Å². The molecule has 21 heavy (non-hydrogen) atoms. The zero-order valence-corrected chi connectivity index (χ0v) is 11.6. The average Bonchev–Trinajstić information content (AvgIpc) is 2.53. The van der Waals surface area contributed by atoms with Crippen molar-refractivity contribution < 1.29 is 9.18 Å². The summed E-state index contributed by atoms with van der Waals surface area (Å²) in [6.45, 7) is 0.902. The smallest absolute Gasteiger partial charge is 0.237 e. The average molecular weight is 284 g/mol. The van der Waals surface area contributed by atoms with Gasteiger partial charge in [0.25, 0.3) is 0 Å². The van der Waals surface area contributed by atoms with E-state index in [1.807, 2.05) is 18.2 Å². The molecule has 4 heteroatoms. The van der Waals surface area contributed by atoms with E-state index in [0.717, 1.165) is 0 Å². The first-order chi connectivity index (χ1) is 10.2. The van der Waals surface area contributed by atoms with Crippen LogP contribution < -0.4 is 10.6 Å². The summed E-state index contributed by atoms with van der Waals surface area (Å²) in [6.07, 6.45) is 0.666. The number of amides is 1. The lowest BCUT2D eigenvalue weighted by molar-refractivity contribution is -0.123. The Morgan fingerprint density at radius 1 is 1.14 bits per heavy atom. The number of carbonyl (C=O) groups excluding carboxylic acids is 1. The standard InChI is InChI=1S/C17H17FN2O/c18-15-8-4-3-7-14(15)11-20-17(21)16-9-12-5-1-2-6-13(12)10-19-16/h1-8,16,19H,9-11H2,(H,20,21). The Kier molecular flexibility index (Phi) is 3.97. The number of fused-ring (bicyclic) bond motifs is 1. The van der Waals surface area contributed by atoms with Gasteiger partial charge in [0.1, 0.15) is 5.82 Å². The second kappa shape index (κ2) is 6.06. The van der Waals surface area contributed by atoms with Gasteiger partial charge in [0.05, 0.1) is 6.04 Å². The third-order valence-corrected chi connectivity index (χ3v) is 3.81. The fourth-order valence-corrected chi connectivity index (χ4v) is 2.59. The Labute approximate surface area is 123 Å². The van der Waals surface area contributed by atoms with Crippen LogP contribution in [0, 0.1) is 5.82 Å². The van der Waals surface area contributed by atoms with Crippen LogP contribution in [-0.4, -0.2) is 11.9 Å². The minimum atomic E-state index is -0.292. The third-order valence-electron chi connectivity index (χ3n) is 3.81. The maximum Gasteiger partial charge on any atom is 0.237 e. The van der Waals surface area contributed by atoms with E-state index in [9.17, 15) is 9.18 Å². The molecule has 1 aliphatic rings. The molecule has 1 heterocycles. The summed E-state index contributed by atoms with van der Waals surface area (Å²) < 4.78 is 13.5. The Morgan fingerprint density at radius 2 is 1.86 bits per heavy atom. The molecule has 1 unspecified atom stereocenters. The van der Waals surface area contributed by atoms with E-state index in [4.69, 9.17) is 0 Å². The monoisotopic (exact) mass is 284 g/mol. The van der Waals surface area contributed by atoms with Gasteiger partial charge in [-0.15, -0.1) is 0 Å². The summed E-state index contributed by atoms with van der Waals surface area (Å²) in [5.74, 6) is -0.382. The number of hydrogen-bond acceptors (Lipinski definition) is 2. The fraction of sp³-hybridized carbons (Fsp3) is 0.235. The number of halogens is 1. The molecule has 3 rings (SSSR count). The predicted octanol–water partition coefficient (Wildman–Crippen LogP) is 2.16. The maximum absolute atomic E-state index is 13.5. The van der Waals surface area contributed by atoms with Crippen molar-refractivity contribution in [1.82, 2.24) is 10.6 Å². The molecular weight excluding hydrogens is 267 g/mol. The summed E-state index contributed by atoms with van der Waals surface area (Å²) in [4.78, 5) is 12.2. The van der Waals surface area contributed by atoms with E-state index in [0.29, 0.717) is 18.5 Å². The molecular formula is C17H17FN2O. The molecule has 0 aromatic heterocycles. The summed E-state index contributed by atoms with van der Waals surface area (Å²) in [6, 6.07) is 14.3. The first-order valence-corrected chi connectivity index (χ1v) is 7.05. The van der Waals surface area contributed by atoms with Crippen molar-refractivity contribution in [3.05, 3.63) is 71.0 Å². The SMILES string of the molecule is O=C(NCc1ccccc1F)C1Cc2ccccc2CN1. The highest BCUT2D eigenvalue weighted by Gasteiger charge is 2.23. The molecule has 3 nitrogen and oxygen atoms in total. The van der Waals surface area contributed by atoms with Gasteiger partial charge >= 0.3 is 0 Å². The minimum Gasteiger partial charge on any atom is -0.351 e. The highest BCUT2D eigenvalue weighted by molar-refractivity contribution is 5.82. The molecule has 0 saturated carbocycles. The normalized spacial score (nSPS) is 17.1. The molecule has 0 bridgehead atoms. The molecule has 1 amide bonds. The quantitative estimate of drug-likeness (QED) is 0.907. The topological polar surface area (TPSA) is 41.1 Å². The van der Waals surface area contributed by atoms with Crippen LogP contribution in [-0.2, 0) is 24.3 Å². The molecule has 0 aliphatic carbocycles. The van der Waals surface area contributed by atoms with Crippen LogP contribution in [0.4, 0.5) is 4.39 Å². The lowest BCUT2D eigenvalue weighted by Crippen LogP contribution is -2.47. The lowest BCUT2D eigenvalue weighted by Gasteiger charge is -2.25. The Hall–Kier alpha value is -2.20. The van der Waals surface area contributed by atoms with Gasteiger partial charge in [0.15, 0.2) is 0 Å². The van der Waals surface area contributed by atoms with Crippen molar-refractivity contribution in [2.45, 2.75) is 25.6 Å². The van der Waals surface area contributed by atoms with Crippen molar-refractivity contribution >= 4 is 5.91 Å². The summed E-state index contributed by atoms with van der Waals surface area (Å²) >= 11 is 0. The van der Waals surface area contributed by atoms with Crippen LogP contribution in [0.15, 0.2) is 48.5 Å². The van der Waals surface area contributed by atoms with E-state index in [1.165, 1.54) is 17.2 Å². The number of rotatable bonds is 3. The highest BCUT2D eigenvalue weighted by Crippen LogP contribution is 2.16. The van der Waals surface area contributed by atoms with Gasteiger partial charge in [-0.3, -0.25) is 4.79 Å². The largest absolute Gasteiger partial charge is 0.351 e. The first kappa shape index (κ1) is 13.8. The molecule has 108 valence electrons. The molecule has 0 radical (unpaired) electrons. The summed E-state index contributed by atoms with van der Waals surface area (Å²) in [5, 5.41) is 6.02. The summed E-state index contributed by atoms with van der Waals surface area (Å²) in [7, 11) is 0. The Bertz CT molecular complexity index is 657. The first-order valence-electron chi connectivity index (χ1n) is 7.05. The van der Waals surface area contributed by atoms with Crippen molar-refractivity contribution in [2.75, 3.05) is 0 Å². The number of carbonyl (C=O) groups is 1. The minimum absolute atomic E-state index is 0.0900. The molecule has 1 atom stereocenters. The summed E-state index contributed by atoms with van der Waals surface area (Å²) in [5.41, 5.74) is 2.93. The Balaban J connectivity index is 1.61. The van der Waals surface area contributed by atoms with Crippen LogP contribution in [0.1, 0.15) is 16.7 Å². The second-order valence-corrected chi connectivity index (χ2v) is 5.22. The number of benzene rings is 2. The second-order valence-electron chi connectivity index (χ2n) is 5.22. The van der Waals surface area contributed by atoms with Gasteiger partial charge in [-0.2, -0.15) is 0 Å². The van der Waals surface area contributed by atoms with Crippen molar-refractivity contribution in [3.8, 4) is 0 Å². The van der Waals surface area contributed by atoms with Gasteiger partial charge in [0, 0.05) is 18.7 Å². The highest BCUT2D eigenvalue weighted by atomic mass is 19.1. The molecule has 1 aliphatic heterocycles. The van der Waals surface area contributed by atoms with E-state index < -0.39 is 0 Å². The van der Waals surface area contributed by atoms with Crippen LogP contribution in [0.3, 0.4) is 0 Å². The van der Waals surface area contributed by atoms with Crippen LogP contribution in [0.2, 0.25) is 0 Å². The molecule has 2 aromatic carbocycles. The molecule has 2 N–H and O–H groups in total. The Morgan fingerprint density at radius 3 is 2.67 bits per heavy atom. The van der Waals surface area contributed by atoms with Crippen LogP contribution >= 0.6 is 0 Å². The van der Waals surface area contributed by atoms with E-state index in [1.54, 1.807) is 18.2 Å². The number of nitrogens with one attached hydrogen (secondary N) is 2. The van der Waals surface area contributed by atoms with Gasteiger partial charge in [-0.1, -0.05) is 42.5 Å². The molecule has 0 saturated heterocycles. The van der Waals surface area contributed by atoms with Gasteiger partial charge in [-0.25, -0.2) is 4.39 Å². The molecule has 0 spiro atoms. The lowest BCUT2D eigenvalue weighted by atomic mass is 9.95. The van der Waals surface area contributed by atoms with Gasteiger partial charge in [-0.05, 0) is 23.6 Å². The van der Waals surface area contributed by atoms with Crippen LogP contribution in [0.25, 0.3) is 0 Å². The van der Waals surface area contributed by atoms with E-state index in [-0.39, 0.29) is 24.3 Å². The van der Waals surface area contributed by atoms with Gasteiger partial charge in [0.2, 0.25) is 5.91 Å². The van der Waals surface area contributed by atoms with Crippen molar-refractivity contribution in [2.24, 2.45) is 0 Å². The number of hydrogen-bond donors (Lipinski definition) is 2.